The van der Waals surface area contributed by atoms with E-state index >= 15 is 0 Å². The normalized spacial score (nSPS) is 13.4. The van der Waals surface area contributed by atoms with E-state index in [2.05, 4.69) is 10.3 Å². The summed E-state index contributed by atoms with van der Waals surface area (Å²) in [5.74, 6) is -0.831. The number of hydrogen-bond donors (Lipinski definition) is 1. The Morgan fingerprint density at radius 1 is 1.10 bits per heavy atom. The van der Waals surface area contributed by atoms with Crippen LogP contribution in [0.15, 0.2) is 44.9 Å². The van der Waals surface area contributed by atoms with Gasteiger partial charge in [-0.1, -0.05) is 6.07 Å². The molecule has 0 radical (unpaired) electrons. The molecule has 1 amide bonds. The number of aromatic nitrogens is 3. The number of nitrogens with one attached hydrogen (secondary N) is 1. The number of nitrogens with zero attached hydrogens (tertiary/aromatic N) is 3. The van der Waals surface area contributed by atoms with Gasteiger partial charge in [0.15, 0.2) is 9.84 Å². The van der Waals surface area contributed by atoms with Gasteiger partial charge in [0.2, 0.25) is 5.91 Å². The molecule has 2 heterocycles. The standard InChI is InChI=1S/C21H22N4O5S/c1-24-19-17(20(27)25(2)21(24)28)11-15(12-22-19)23-18(26)8-9-31(29,30)16-7-6-13-4-3-5-14(13)10-16/h6-7,10-12H,3-5,8-9H2,1-2H3,(H,23,26). The smallest absolute Gasteiger partial charge is 0.325 e. The Morgan fingerprint density at radius 3 is 2.61 bits per heavy atom. The molecule has 162 valence electrons. The molecule has 0 saturated carbocycles. The van der Waals surface area contributed by atoms with Crippen LogP contribution >= 0.6 is 0 Å². The Bertz CT molecular complexity index is 1440. The first-order valence-electron chi connectivity index (χ1n) is 9.87. The average Bonchev–Trinajstić information content (AvgIpc) is 3.23. The highest BCUT2D eigenvalue weighted by Crippen LogP contribution is 2.25. The van der Waals surface area contributed by atoms with Crippen molar-refractivity contribution in [2.75, 3.05) is 11.1 Å². The fourth-order valence-corrected chi connectivity index (χ4v) is 5.13. The zero-order valence-electron chi connectivity index (χ0n) is 17.2. The maximum absolute atomic E-state index is 12.6. The number of rotatable bonds is 5. The van der Waals surface area contributed by atoms with Crippen molar-refractivity contribution < 1.29 is 13.2 Å². The predicted octanol–water partition coefficient (Wildman–Crippen LogP) is 0.923. The van der Waals surface area contributed by atoms with Gasteiger partial charge in [0.05, 0.1) is 27.9 Å². The van der Waals surface area contributed by atoms with Crippen molar-refractivity contribution in [2.24, 2.45) is 14.1 Å². The molecule has 1 N–H and O–H groups in total. The first-order valence-corrected chi connectivity index (χ1v) is 11.5. The number of amides is 1. The van der Waals surface area contributed by atoms with Crippen LogP contribution in [0.2, 0.25) is 0 Å². The van der Waals surface area contributed by atoms with Crippen LogP contribution in [0.1, 0.15) is 24.0 Å². The van der Waals surface area contributed by atoms with Crippen LogP contribution in [0, 0.1) is 0 Å². The number of sulfone groups is 1. The zero-order valence-corrected chi connectivity index (χ0v) is 18.0. The zero-order chi connectivity index (χ0) is 22.3. The molecular weight excluding hydrogens is 420 g/mol. The topological polar surface area (TPSA) is 120 Å². The average molecular weight is 442 g/mol. The molecule has 0 spiro atoms. The second-order valence-corrected chi connectivity index (χ2v) is 9.81. The summed E-state index contributed by atoms with van der Waals surface area (Å²) in [6, 6.07) is 6.59. The lowest BCUT2D eigenvalue weighted by Crippen LogP contribution is -2.37. The molecule has 0 fully saturated rings. The van der Waals surface area contributed by atoms with E-state index in [1.807, 2.05) is 6.07 Å². The Labute approximate surface area is 178 Å². The molecule has 10 heteroatoms. The number of anilines is 1. The Kier molecular flexibility index (Phi) is 5.26. The first kappa shape index (κ1) is 21.0. The molecule has 0 atom stereocenters. The van der Waals surface area contributed by atoms with Crippen LogP contribution in [0.25, 0.3) is 11.0 Å². The van der Waals surface area contributed by atoms with Gasteiger partial charge in [-0.15, -0.1) is 0 Å². The molecule has 4 rings (SSSR count). The number of carbonyl (C=O) groups is 1. The maximum atomic E-state index is 12.6. The molecule has 9 nitrogen and oxygen atoms in total. The molecule has 3 aromatic rings. The minimum atomic E-state index is -3.59. The van der Waals surface area contributed by atoms with Gasteiger partial charge in [-0.3, -0.25) is 18.7 Å². The summed E-state index contributed by atoms with van der Waals surface area (Å²) >= 11 is 0. The second-order valence-electron chi connectivity index (χ2n) is 7.70. The van der Waals surface area contributed by atoms with Gasteiger partial charge in [-0.05, 0) is 48.6 Å². The van der Waals surface area contributed by atoms with E-state index in [0.29, 0.717) is 0 Å². The summed E-state index contributed by atoms with van der Waals surface area (Å²) in [5, 5.41) is 2.75. The van der Waals surface area contributed by atoms with E-state index in [1.54, 1.807) is 12.1 Å². The molecule has 0 aliphatic heterocycles. The number of benzene rings is 1. The lowest BCUT2D eigenvalue weighted by molar-refractivity contribution is -0.115. The predicted molar refractivity (Wildman–Crippen MR) is 116 cm³/mol. The Morgan fingerprint density at radius 2 is 1.84 bits per heavy atom. The first-order chi connectivity index (χ1) is 14.7. The molecule has 0 saturated heterocycles. The van der Waals surface area contributed by atoms with Crippen LogP contribution in [-0.2, 0) is 41.6 Å². The van der Waals surface area contributed by atoms with Gasteiger partial charge in [0.1, 0.15) is 5.65 Å². The van der Waals surface area contributed by atoms with E-state index < -0.39 is 27.0 Å². The van der Waals surface area contributed by atoms with Gasteiger partial charge in [0, 0.05) is 20.5 Å². The van der Waals surface area contributed by atoms with Crippen molar-refractivity contribution in [2.45, 2.75) is 30.6 Å². The highest BCUT2D eigenvalue weighted by Gasteiger charge is 2.20. The summed E-state index contributed by atoms with van der Waals surface area (Å²) in [5.41, 5.74) is 1.67. The fraction of sp³-hybridized carbons (Fsp3) is 0.333. The number of aryl methyl sites for hydroxylation is 3. The van der Waals surface area contributed by atoms with Crippen LogP contribution in [-0.4, -0.2) is 34.2 Å². The third-order valence-corrected chi connectivity index (χ3v) is 7.32. The summed E-state index contributed by atoms with van der Waals surface area (Å²) in [6.07, 6.45) is 3.96. The SMILES string of the molecule is Cn1c(=O)c2cc(NC(=O)CCS(=O)(=O)c3ccc4c(c3)CCC4)cnc2n(C)c1=O. The molecular formula is C21H22N4O5S. The number of carbonyl (C=O) groups excluding carboxylic acids is 1. The quantitative estimate of drug-likeness (QED) is 0.628. The van der Waals surface area contributed by atoms with Gasteiger partial charge < -0.3 is 5.32 Å². The second kappa shape index (κ2) is 7.77. The van der Waals surface area contributed by atoms with Crippen LogP contribution in [0.3, 0.4) is 0 Å². The Hall–Kier alpha value is -3.27. The lowest BCUT2D eigenvalue weighted by Gasteiger charge is -2.10. The van der Waals surface area contributed by atoms with Gasteiger partial charge in [0.25, 0.3) is 5.56 Å². The molecule has 1 aliphatic carbocycles. The van der Waals surface area contributed by atoms with E-state index in [1.165, 1.54) is 36.5 Å². The number of pyridine rings is 1. The third kappa shape index (κ3) is 3.90. The molecule has 31 heavy (non-hydrogen) atoms. The molecule has 0 bridgehead atoms. The summed E-state index contributed by atoms with van der Waals surface area (Å²) in [7, 11) is -0.735. The van der Waals surface area contributed by atoms with Crippen molar-refractivity contribution >= 4 is 32.5 Å². The monoisotopic (exact) mass is 442 g/mol. The lowest BCUT2D eigenvalue weighted by atomic mass is 10.1. The highest BCUT2D eigenvalue weighted by atomic mass is 32.2. The van der Waals surface area contributed by atoms with Gasteiger partial charge >= 0.3 is 5.69 Å². The van der Waals surface area contributed by atoms with Crippen LogP contribution < -0.4 is 16.6 Å². The van der Waals surface area contributed by atoms with Gasteiger partial charge in [-0.2, -0.15) is 0 Å². The molecule has 1 aliphatic rings. The summed E-state index contributed by atoms with van der Waals surface area (Å²) < 4.78 is 27.5. The van der Waals surface area contributed by atoms with Crippen molar-refractivity contribution in [3.63, 3.8) is 0 Å². The van der Waals surface area contributed by atoms with Crippen molar-refractivity contribution in [1.82, 2.24) is 14.1 Å². The molecule has 0 unspecified atom stereocenters. The third-order valence-electron chi connectivity index (χ3n) is 5.60. The van der Waals surface area contributed by atoms with Crippen LogP contribution in [0.4, 0.5) is 5.69 Å². The minimum absolute atomic E-state index is 0.174. The summed E-state index contributed by atoms with van der Waals surface area (Å²) in [6.45, 7) is 0. The Balaban J connectivity index is 1.49. The number of fused-ring (bicyclic) bond motifs is 2. The van der Waals surface area contributed by atoms with Gasteiger partial charge in [-0.25, -0.2) is 18.2 Å². The largest absolute Gasteiger partial charge is 0.332 e. The van der Waals surface area contributed by atoms with E-state index in [9.17, 15) is 22.8 Å². The number of hydrogen-bond acceptors (Lipinski definition) is 6. The maximum Gasteiger partial charge on any atom is 0.332 e. The van der Waals surface area contributed by atoms with Crippen molar-refractivity contribution in [1.29, 1.82) is 0 Å². The molecule has 1 aromatic carbocycles. The molecule has 2 aromatic heterocycles. The van der Waals surface area contributed by atoms with E-state index in [4.69, 9.17) is 0 Å². The van der Waals surface area contributed by atoms with Crippen molar-refractivity contribution in [3.8, 4) is 0 Å². The van der Waals surface area contributed by atoms with E-state index in [0.717, 1.165) is 29.4 Å². The fourth-order valence-electron chi connectivity index (χ4n) is 3.84. The highest BCUT2D eigenvalue weighted by molar-refractivity contribution is 7.91. The van der Waals surface area contributed by atoms with E-state index in [-0.39, 0.29) is 33.8 Å². The van der Waals surface area contributed by atoms with Crippen LogP contribution in [0.5, 0.6) is 0 Å². The minimum Gasteiger partial charge on any atom is -0.325 e. The summed E-state index contributed by atoms with van der Waals surface area (Å²) in [4.78, 5) is 41.0. The van der Waals surface area contributed by atoms with Crippen molar-refractivity contribution in [3.05, 3.63) is 62.4 Å².